The van der Waals surface area contributed by atoms with E-state index in [4.69, 9.17) is 4.74 Å². The Kier molecular flexibility index (Phi) is 7.50. The smallest absolute Gasteiger partial charge is 0.264 e. The summed E-state index contributed by atoms with van der Waals surface area (Å²) in [6, 6.07) is 20.4. The minimum atomic E-state index is -4.27. The molecule has 5 rings (SSSR count). The maximum absolute atomic E-state index is 14.5. The van der Waals surface area contributed by atoms with Gasteiger partial charge in [-0.25, -0.2) is 17.8 Å². The second kappa shape index (κ2) is 11.2. The van der Waals surface area contributed by atoms with E-state index in [1.165, 1.54) is 25.3 Å². The third-order valence-corrected chi connectivity index (χ3v) is 7.79. The molecule has 0 aliphatic heterocycles. The Hall–Kier alpha value is -5.09. The topological polar surface area (TPSA) is 110 Å². The van der Waals surface area contributed by atoms with Crippen molar-refractivity contribution in [1.82, 2.24) is 9.97 Å². The molecule has 41 heavy (non-hydrogen) atoms. The predicted octanol–water partition coefficient (Wildman–Crippen LogP) is 6.35. The van der Waals surface area contributed by atoms with Crippen LogP contribution in [0.2, 0.25) is 0 Å². The van der Waals surface area contributed by atoms with Crippen LogP contribution in [0, 0.1) is 12.7 Å². The number of pyridine rings is 2. The van der Waals surface area contributed by atoms with Crippen molar-refractivity contribution < 1.29 is 22.3 Å². The zero-order valence-corrected chi connectivity index (χ0v) is 23.0. The summed E-state index contributed by atoms with van der Waals surface area (Å²) in [5, 5.41) is 3.58. The lowest BCUT2D eigenvalue weighted by atomic mass is 9.97. The number of aromatic nitrogens is 2. The Morgan fingerprint density at radius 1 is 0.951 bits per heavy atom. The summed E-state index contributed by atoms with van der Waals surface area (Å²) in [5.74, 6) is -1.11. The molecule has 2 aromatic heterocycles. The van der Waals surface area contributed by atoms with Crippen molar-refractivity contribution in [2.45, 2.75) is 11.8 Å². The first-order chi connectivity index (χ1) is 19.7. The molecular formula is C31H25FN4O4S. The number of hydrogen-bond donors (Lipinski definition) is 2. The summed E-state index contributed by atoms with van der Waals surface area (Å²) in [7, 11) is -2.90. The minimum Gasteiger partial charge on any atom is -0.480 e. The fourth-order valence-electron chi connectivity index (χ4n) is 4.37. The maximum atomic E-state index is 14.5. The molecule has 0 bridgehead atoms. The molecule has 2 N–H and O–H groups in total. The van der Waals surface area contributed by atoms with Gasteiger partial charge >= 0.3 is 0 Å². The molecular weight excluding hydrogens is 543 g/mol. The third kappa shape index (κ3) is 5.78. The molecule has 0 radical (unpaired) electrons. The summed E-state index contributed by atoms with van der Waals surface area (Å²) in [4.78, 5) is 19.9. The molecule has 0 aliphatic rings. The molecule has 5 aromatic rings. The number of methoxy groups -OCH3 is 1. The number of halogens is 1. The van der Waals surface area contributed by atoms with Crippen LogP contribution in [0.4, 0.5) is 15.8 Å². The Morgan fingerprint density at radius 2 is 1.71 bits per heavy atom. The number of anilines is 2. The highest BCUT2D eigenvalue weighted by atomic mass is 32.2. The monoisotopic (exact) mass is 568 g/mol. The molecule has 2 heterocycles. The fourth-order valence-corrected chi connectivity index (χ4v) is 5.48. The van der Waals surface area contributed by atoms with E-state index in [0.717, 1.165) is 33.7 Å². The molecule has 0 aliphatic carbocycles. The third-order valence-electron chi connectivity index (χ3n) is 6.39. The predicted molar refractivity (Wildman–Crippen MR) is 158 cm³/mol. The highest BCUT2D eigenvalue weighted by Gasteiger charge is 2.22. The first kappa shape index (κ1) is 27.5. The van der Waals surface area contributed by atoms with Gasteiger partial charge in [0.15, 0.2) is 0 Å². The van der Waals surface area contributed by atoms with E-state index in [-0.39, 0.29) is 17.5 Å². The van der Waals surface area contributed by atoms with Crippen LogP contribution in [-0.4, -0.2) is 31.4 Å². The Labute approximate surface area is 236 Å². The van der Waals surface area contributed by atoms with E-state index in [0.29, 0.717) is 16.8 Å². The van der Waals surface area contributed by atoms with Gasteiger partial charge in [-0.2, -0.15) is 0 Å². The van der Waals surface area contributed by atoms with Gasteiger partial charge in [0.2, 0.25) is 11.8 Å². The fraction of sp³-hybridized carbons (Fsp3) is 0.0645. The first-order valence-corrected chi connectivity index (χ1v) is 13.9. The number of nitrogens with one attached hydrogen (secondary N) is 2. The number of ether oxygens (including phenoxy) is 1. The zero-order valence-electron chi connectivity index (χ0n) is 22.2. The Bertz CT molecular complexity index is 1910. The zero-order chi connectivity index (χ0) is 29.1. The molecule has 206 valence electrons. The van der Waals surface area contributed by atoms with Crippen molar-refractivity contribution >= 4 is 38.2 Å². The van der Waals surface area contributed by atoms with Crippen LogP contribution in [0.1, 0.15) is 5.56 Å². The molecule has 1 amide bonds. The molecule has 3 aromatic carbocycles. The summed E-state index contributed by atoms with van der Waals surface area (Å²) in [6.07, 6.45) is 4.49. The van der Waals surface area contributed by atoms with E-state index in [2.05, 4.69) is 26.6 Å². The van der Waals surface area contributed by atoms with Gasteiger partial charge in [0.05, 0.1) is 12.6 Å². The van der Waals surface area contributed by atoms with Gasteiger partial charge in [0.25, 0.3) is 10.0 Å². The van der Waals surface area contributed by atoms with Crippen LogP contribution in [0.3, 0.4) is 0 Å². The lowest BCUT2D eigenvalue weighted by Crippen LogP contribution is -2.15. The van der Waals surface area contributed by atoms with Gasteiger partial charge in [-0.15, -0.1) is 0 Å². The number of amides is 1. The lowest BCUT2D eigenvalue weighted by molar-refractivity contribution is -0.111. The molecule has 0 fully saturated rings. The summed E-state index contributed by atoms with van der Waals surface area (Å²) in [6.45, 7) is 5.14. The lowest BCUT2D eigenvalue weighted by Gasteiger charge is -2.14. The van der Waals surface area contributed by atoms with Gasteiger partial charge in [-0.05, 0) is 83.8 Å². The highest BCUT2D eigenvalue weighted by molar-refractivity contribution is 7.92. The van der Waals surface area contributed by atoms with Crippen LogP contribution < -0.4 is 14.8 Å². The second-order valence-electron chi connectivity index (χ2n) is 9.18. The van der Waals surface area contributed by atoms with Crippen LogP contribution in [0.5, 0.6) is 5.88 Å². The number of aryl methyl sites for hydroxylation is 1. The van der Waals surface area contributed by atoms with Crippen LogP contribution >= 0.6 is 0 Å². The molecule has 8 nitrogen and oxygen atoms in total. The average Bonchev–Trinajstić information content (AvgIpc) is 2.96. The molecule has 0 saturated carbocycles. The summed E-state index contributed by atoms with van der Waals surface area (Å²) in [5.41, 5.74) is 5.24. The van der Waals surface area contributed by atoms with Crippen molar-refractivity contribution in [2.75, 3.05) is 17.1 Å². The van der Waals surface area contributed by atoms with E-state index in [9.17, 15) is 17.6 Å². The van der Waals surface area contributed by atoms with Crippen molar-refractivity contribution in [2.24, 2.45) is 0 Å². The largest absolute Gasteiger partial charge is 0.480 e. The number of hydrogen-bond acceptors (Lipinski definition) is 6. The number of fused-ring (bicyclic) bond motifs is 1. The van der Waals surface area contributed by atoms with Crippen molar-refractivity contribution in [3.05, 3.63) is 109 Å². The maximum Gasteiger partial charge on any atom is 0.264 e. The van der Waals surface area contributed by atoms with Crippen molar-refractivity contribution in [1.29, 1.82) is 0 Å². The standard InChI is InChI=1S/C31H25FN4O4S/c1-4-30(37)35-23-9-6-20(7-10-23)24-13-14-33-27-11-8-21(16-25(24)27)22-17-28(31(40-3)34-18-22)36-41(38,39)29-12-5-19(2)15-26(29)32/h4-18,36H,1H2,2-3H3,(H,35,37). The van der Waals surface area contributed by atoms with Crippen LogP contribution in [0.15, 0.2) is 103 Å². The molecule has 0 saturated heterocycles. The van der Waals surface area contributed by atoms with E-state index in [1.54, 1.807) is 37.5 Å². The van der Waals surface area contributed by atoms with Crippen molar-refractivity contribution in [3.63, 3.8) is 0 Å². The van der Waals surface area contributed by atoms with E-state index < -0.39 is 20.7 Å². The number of carbonyl (C=O) groups excluding carboxylic acids is 1. The number of carbonyl (C=O) groups is 1. The summed E-state index contributed by atoms with van der Waals surface area (Å²) < 4.78 is 48.3. The molecule has 0 spiro atoms. The number of benzene rings is 3. The molecule has 10 heteroatoms. The molecule has 0 atom stereocenters. The normalized spacial score (nSPS) is 11.2. The number of nitrogens with zero attached hydrogens (tertiary/aromatic N) is 2. The van der Waals surface area contributed by atoms with E-state index >= 15 is 0 Å². The van der Waals surface area contributed by atoms with Gasteiger partial charge < -0.3 is 10.1 Å². The van der Waals surface area contributed by atoms with Crippen LogP contribution in [-0.2, 0) is 14.8 Å². The average molecular weight is 569 g/mol. The Morgan fingerprint density at radius 3 is 2.41 bits per heavy atom. The Balaban J connectivity index is 1.53. The van der Waals surface area contributed by atoms with Gasteiger partial charge in [0, 0.05) is 29.0 Å². The van der Waals surface area contributed by atoms with E-state index in [1.807, 2.05) is 36.4 Å². The van der Waals surface area contributed by atoms with Crippen LogP contribution in [0.25, 0.3) is 33.2 Å². The van der Waals surface area contributed by atoms with Gasteiger partial charge in [0.1, 0.15) is 16.4 Å². The quantitative estimate of drug-likeness (QED) is 0.211. The highest BCUT2D eigenvalue weighted by Crippen LogP contribution is 2.34. The minimum absolute atomic E-state index is 0.0385. The van der Waals surface area contributed by atoms with Crippen molar-refractivity contribution in [3.8, 4) is 28.1 Å². The number of sulfonamides is 1. The molecule has 0 unspecified atom stereocenters. The van der Waals surface area contributed by atoms with Gasteiger partial charge in [-0.1, -0.05) is 30.8 Å². The second-order valence-corrected chi connectivity index (χ2v) is 10.8. The first-order valence-electron chi connectivity index (χ1n) is 12.4. The summed E-state index contributed by atoms with van der Waals surface area (Å²) >= 11 is 0. The number of rotatable bonds is 8. The SMILES string of the molecule is C=CC(=O)Nc1ccc(-c2ccnc3ccc(-c4cnc(OC)c(NS(=O)(=O)c5ccc(C)cc5F)c4)cc23)cc1. The van der Waals surface area contributed by atoms with Gasteiger partial charge in [-0.3, -0.25) is 14.5 Å².